The van der Waals surface area contributed by atoms with Gasteiger partial charge in [0.2, 0.25) is 0 Å². The van der Waals surface area contributed by atoms with E-state index in [-0.39, 0.29) is 0 Å². The minimum Gasteiger partial charge on any atom is -0.497 e. The summed E-state index contributed by atoms with van der Waals surface area (Å²) in [5.41, 5.74) is 9.83. The molecule has 60 heavy (non-hydrogen) atoms. The Morgan fingerprint density at radius 3 is 1.42 bits per heavy atom. The molecule has 0 aliphatic heterocycles. The van der Waals surface area contributed by atoms with Crippen LogP contribution < -0.4 is 9.47 Å². The Bertz CT molecular complexity index is 3560. The molecule has 0 amide bonds. The number of imidazole rings is 1. The van der Waals surface area contributed by atoms with E-state index in [1.54, 1.807) is 14.2 Å². The van der Waals surface area contributed by atoms with Crippen molar-refractivity contribution in [1.29, 1.82) is 0 Å². The van der Waals surface area contributed by atoms with Crippen LogP contribution >= 0.6 is 0 Å². The summed E-state index contributed by atoms with van der Waals surface area (Å²) in [4.78, 5) is 5.56. The van der Waals surface area contributed by atoms with Crippen molar-refractivity contribution < 1.29 is 9.47 Å². The topological polar surface area (TPSA) is 41.2 Å². The lowest BCUT2D eigenvalue weighted by Gasteiger charge is -2.15. The monoisotopic (exact) mass is 771 g/mol. The van der Waals surface area contributed by atoms with Gasteiger partial charge < -0.3 is 14.0 Å². The summed E-state index contributed by atoms with van der Waals surface area (Å²) in [6, 6.07) is 67.5. The molecule has 0 spiro atoms. The molecule has 5 nitrogen and oxygen atoms in total. The fourth-order valence-electron chi connectivity index (χ4n) is 9.53. The van der Waals surface area contributed by atoms with E-state index < -0.39 is 0 Å². The summed E-state index contributed by atoms with van der Waals surface area (Å²) in [5.74, 6) is 2.52. The van der Waals surface area contributed by atoms with Gasteiger partial charge in [-0.2, -0.15) is 0 Å². The van der Waals surface area contributed by atoms with E-state index in [4.69, 9.17) is 14.5 Å². The highest BCUT2D eigenvalue weighted by molar-refractivity contribution is 6.24. The van der Waals surface area contributed by atoms with Crippen molar-refractivity contribution in [3.63, 3.8) is 0 Å². The van der Waals surface area contributed by atoms with Crippen molar-refractivity contribution >= 4 is 75.9 Å². The third-order valence-corrected chi connectivity index (χ3v) is 12.3. The minimum absolute atomic E-state index is 0.817. The highest BCUT2D eigenvalue weighted by Crippen LogP contribution is 2.42. The Morgan fingerprint density at radius 2 is 0.850 bits per heavy atom. The molecule has 10 aromatic carbocycles. The van der Waals surface area contributed by atoms with Crippen LogP contribution in [0.4, 0.5) is 0 Å². The number of hydrogen-bond donors (Lipinski definition) is 0. The maximum absolute atomic E-state index is 5.65. The van der Waals surface area contributed by atoms with E-state index in [0.29, 0.717) is 0 Å². The first-order valence-electron chi connectivity index (χ1n) is 20.3. The van der Waals surface area contributed by atoms with Crippen LogP contribution in [0.25, 0.3) is 110 Å². The van der Waals surface area contributed by atoms with Crippen LogP contribution in [0.3, 0.4) is 0 Å². The molecule has 12 rings (SSSR count). The average molecular weight is 772 g/mol. The Morgan fingerprint density at radius 1 is 0.383 bits per heavy atom. The van der Waals surface area contributed by atoms with Gasteiger partial charge in [-0.1, -0.05) is 109 Å². The lowest BCUT2D eigenvalue weighted by molar-refractivity contribution is 0.415. The molecule has 0 saturated heterocycles. The van der Waals surface area contributed by atoms with Crippen LogP contribution in [0.1, 0.15) is 0 Å². The van der Waals surface area contributed by atoms with Crippen LogP contribution in [-0.2, 0) is 0 Å². The van der Waals surface area contributed by atoms with Gasteiger partial charge in [0.25, 0.3) is 0 Å². The van der Waals surface area contributed by atoms with Gasteiger partial charge in [0.05, 0.1) is 36.3 Å². The second-order valence-corrected chi connectivity index (χ2v) is 15.4. The van der Waals surface area contributed by atoms with Gasteiger partial charge in [0.1, 0.15) is 17.3 Å². The second kappa shape index (κ2) is 13.3. The summed E-state index contributed by atoms with van der Waals surface area (Å²) in [5, 5.41) is 11.9. The van der Waals surface area contributed by atoms with Gasteiger partial charge in [-0.05, 0) is 122 Å². The molecule has 0 radical (unpaired) electrons. The Kier molecular flexibility index (Phi) is 7.59. The van der Waals surface area contributed by atoms with E-state index in [1.165, 1.54) is 48.8 Å². The molecule has 0 aliphatic carbocycles. The first-order chi connectivity index (χ1) is 29.7. The van der Waals surface area contributed by atoms with Crippen molar-refractivity contribution in [2.75, 3.05) is 14.2 Å². The number of nitrogens with zero attached hydrogens (tertiary/aromatic N) is 3. The van der Waals surface area contributed by atoms with E-state index in [9.17, 15) is 0 Å². The van der Waals surface area contributed by atoms with E-state index in [1.807, 2.05) is 12.1 Å². The first-order valence-corrected chi connectivity index (χ1v) is 20.3. The van der Waals surface area contributed by atoms with Crippen molar-refractivity contribution in [3.8, 4) is 45.4 Å². The van der Waals surface area contributed by atoms with E-state index >= 15 is 0 Å². The summed E-state index contributed by atoms with van der Waals surface area (Å²) in [7, 11) is 3.42. The van der Waals surface area contributed by atoms with Crippen LogP contribution in [0.15, 0.2) is 188 Å². The standard InChI is InChI=1S/C55H37N3O2/c1-59-40-27-29-50-48(32-40)49-33-41(60-2)28-30-51(49)57(50)38-25-21-35(22-26-38)55-56-53-46-17-9-7-15-44(46)45-16-8-10-18-47(45)54(53)58(55)39-23-19-34(20-24-39)52-42-13-5-3-11-36(42)31-37-12-4-6-14-43(37)52/h3-33H,1-2H3. The zero-order valence-electron chi connectivity index (χ0n) is 33.1. The molecule has 284 valence electrons. The molecule has 0 unspecified atom stereocenters. The van der Waals surface area contributed by atoms with Gasteiger partial charge >= 0.3 is 0 Å². The lowest BCUT2D eigenvalue weighted by Crippen LogP contribution is -1.99. The Hall–Kier alpha value is -7.89. The van der Waals surface area contributed by atoms with Gasteiger partial charge in [-0.15, -0.1) is 0 Å². The van der Waals surface area contributed by atoms with Crippen LogP contribution in [0.5, 0.6) is 11.5 Å². The smallest absolute Gasteiger partial charge is 0.145 e. The predicted octanol–water partition coefficient (Wildman–Crippen LogP) is 14.1. The summed E-state index contributed by atoms with van der Waals surface area (Å²) < 4.78 is 16.0. The minimum atomic E-state index is 0.817. The maximum Gasteiger partial charge on any atom is 0.145 e. The lowest BCUT2D eigenvalue weighted by atomic mass is 9.92. The SMILES string of the molecule is COc1ccc2c(c1)c1cc(OC)ccc1n2-c1ccc(-c2nc3c4ccccc4c4ccccc4c3n2-c2ccc(-c3c4ccccc4cc4ccccc34)cc2)cc1. The molecular weight excluding hydrogens is 735 g/mol. The molecule has 0 N–H and O–H groups in total. The van der Waals surface area contributed by atoms with Crippen LogP contribution in [-0.4, -0.2) is 28.3 Å². The highest BCUT2D eigenvalue weighted by Gasteiger charge is 2.21. The van der Waals surface area contributed by atoms with Gasteiger partial charge in [-0.25, -0.2) is 4.98 Å². The Balaban J connectivity index is 1.08. The number of rotatable bonds is 6. The molecule has 5 heteroatoms. The highest BCUT2D eigenvalue weighted by atomic mass is 16.5. The third-order valence-electron chi connectivity index (χ3n) is 12.3. The van der Waals surface area contributed by atoms with Crippen molar-refractivity contribution in [2.24, 2.45) is 0 Å². The summed E-state index contributed by atoms with van der Waals surface area (Å²) in [6.07, 6.45) is 0. The molecule has 0 bridgehead atoms. The third kappa shape index (κ3) is 5.09. The molecule has 0 aliphatic rings. The second-order valence-electron chi connectivity index (χ2n) is 15.4. The molecule has 0 fully saturated rings. The summed E-state index contributed by atoms with van der Waals surface area (Å²) >= 11 is 0. The maximum atomic E-state index is 5.65. The van der Waals surface area contributed by atoms with E-state index in [0.717, 1.165) is 72.5 Å². The number of fused-ring (bicyclic) bond motifs is 11. The Labute approximate surface area is 345 Å². The summed E-state index contributed by atoms with van der Waals surface area (Å²) in [6.45, 7) is 0. The van der Waals surface area contributed by atoms with Gasteiger partial charge in [0, 0.05) is 38.5 Å². The van der Waals surface area contributed by atoms with Crippen LogP contribution in [0.2, 0.25) is 0 Å². The molecule has 2 heterocycles. The number of hydrogen-bond acceptors (Lipinski definition) is 3. The van der Waals surface area contributed by atoms with Crippen molar-refractivity contribution in [2.45, 2.75) is 0 Å². The predicted molar refractivity (Wildman–Crippen MR) is 249 cm³/mol. The van der Waals surface area contributed by atoms with Gasteiger partial charge in [-0.3, -0.25) is 4.57 Å². The van der Waals surface area contributed by atoms with Crippen molar-refractivity contribution in [1.82, 2.24) is 14.1 Å². The number of aromatic nitrogens is 3. The number of ether oxygens (including phenoxy) is 2. The zero-order chi connectivity index (χ0) is 39.9. The number of methoxy groups -OCH3 is 2. The molecule has 12 aromatic rings. The molecule has 0 saturated carbocycles. The largest absolute Gasteiger partial charge is 0.497 e. The average Bonchev–Trinajstić information content (AvgIpc) is 3.87. The molecular formula is C55H37N3O2. The first kappa shape index (κ1) is 34.2. The molecule has 0 atom stereocenters. The van der Waals surface area contributed by atoms with E-state index in [2.05, 4.69) is 185 Å². The normalized spacial score (nSPS) is 11.8. The zero-order valence-corrected chi connectivity index (χ0v) is 33.1. The fourth-order valence-corrected chi connectivity index (χ4v) is 9.53. The van der Waals surface area contributed by atoms with Crippen molar-refractivity contribution in [3.05, 3.63) is 188 Å². The van der Waals surface area contributed by atoms with Gasteiger partial charge in [0.15, 0.2) is 0 Å². The molecule has 2 aromatic heterocycles. The fraction of sp³-hybridized carbons (Fsp3) is 0.0364. The number of benzene rings is 10. The quantitative estimate of drug-likeness (QED) is 0.125. The van der Waals surface area contributed by atoms with Crippen LogP contribution in [0, 0.1) is 0 Å².